The topological polar surface area (TPSA) is 69.0 Å². The molecule has 2 aromatic heterocycles. The molecule has 1 aliphatic rings. The van der Waals surface area contributed by atoms with Crippen LogP contribution < -0.4 is 10.1 Å². The number of aryl methyl sites for hydroxylation is 1. The average molecular weight is 364 g/mol. The Bertz CT molecular complexity index is 914. The Morgan fingerprint density at radius 1 is 1.22 bits per heavy atom. The highest BCUT2D eigenvalue weighted by atomic mass is 16.5. The molecule has 27 heavy (non-hydrogen) atoms. The van der Waals surface area contributed by atoms with Gasteiger partial charge in [-0.05, 0) is 37.3 Å². The summed E-state index contributed by atoms with van der Waals surface area (Å²) in [6.45, 7) is 0. The van der Waals surface area contributed by atoms with Gasteiger partial charge in [0.15, 0.2) is 0 Å². The lowest BCUT2D eigenvalue weighted by Crippen LogP contribution is -2.40. The highest BCUT2D eigenvalue weighted by Crippen LogP contribution is 2.24. The monoisotopic (exact) mass is 364 g/mol. The molecule has 1 amide bonds. The summed E-state index contributed by atoms with van der Waals surface area (Å²) in [5, 5.41) is 4.34. The lowest BCUT2D eigenvalue weighted by atomic mass is 9.92. The minimum absolute atomic E-state index is 0.0876. The minimum atomic E-state index is 0.0876. The van der Waals surface area contributed by atoms with Crippen LogP contribution in [0.4, 0.5) is 0 Å². The third-order valence-corrected chi connectivity index (χ3v) is 5.20. The van der Waals surface area contributed by atoms with Crippen molar-refractivity contribution in [2.75, 3.05) is 0 Å². The van der Waals surface area contributed by atoms with Crippen molar-refractivity contribution in [3.05, 3.63) is 54.6 Å². The Labute approximate surface area is 158 Å². The highest BCUT2D eigenvalue weighted by Gasteiger charge is 2.24. The van der Waals surface area contributed by atoms with E-state index in [9.17, 15) is 4.79 Å². The number of benzene rings is 1. The highest BCUT2D eigenvalue weighted by molar-refractivity contribution is 5.89. The van der Waals surface area contributed by atoms with E-state index in [1.54, 1.807) is 18.6 Å². The van der Waals surface area contributed by atoms with Gasteiger partial charge in [-0.3, -0.25) is 9.78 Å². The van der Waals surface area contributed by atoms with E-state index in [1.165, 1.54) is 0 Å². The normalized spacial score (nSPS) is 19.7. The smallest absolute Gasteiger partial charge is 0.232 e. The standard InChI is InChI=1S/C21H24N4O2/c1-25-14-15(18-4-2-3-5-19(18)25)12-20(26)24-16-6-8-17(9-7-16)27-21-13-22-10-11-23-21/h2-5,10-11,13-14,16-17H,6-9,12H2,1H3,(H,24,26). The third-order valence-electron chi connectivity index (χ3n) is 5.20. The van der Waals surface area contributed by atoms with E-state index < -0.39 is 0 Å². The molecular formula is C21H24N4O2. The molecule has 0 bridgehead atoms. The van der Waals surface area contributed by atoms with E-state index in [-0.39, 0.29) is 18.1 Å². The maximum absolute atomic E-state index is 12.5. The number of ether oxygens (including phenoxy) is 1. The fourth-order valence-corrected chi connectivity index (χ4v) is 3.86. The zero-order valence-corrected chi connectivity index (χ0v) is 15.5. The first kappa shape index (κ1) is 17.5. The third kappa shape index (κ3) is 4.10. The molecule has 0 atom stereocenters. The number of carbonyl (C=O) groups is 1. The van der Waals surface area contributed by atoms with E-state index in [4.69, 9.17) is 4.74 Å². The van der Waals surface area contributed by atoms with Gasteiger partial charge in [-0.15, -0.1) is 0 Å². The molecule has 1 fully saturated rings. The molecule has 0 aliphatic heterocycles. The lowest BCUT2D eigenvalue weighted by Gasteiger charge is -2.29. The summed E-state index contributed by atoms with van der Waals surface area (Å²) in [6, 6.07) is 8.41. The van der Waals surface area contributed by atoms with Crippen LogP contribution in [-0.2, 0) is 18.3 Å². The predicted molar refractivity (Wildman–Crippen MR) is 103 cm³/mol. The molecule has 0 unspecified atom stereocenters. The molecule has 0 radical (unpaired) electrons. The number of aromatic nitrogens is 3. The SMILES string of the molecule is Cn1cc(CC(=O)NC2CCC(Oc3cnccn3)CC2)c2ccccc21. The Balaban J connectivity index is 1.29. The molecule has 4 rings (SSSR count). The number of para-hydroxylation sites is 1. The van der Waals surface area contributed by atoms with Crippen LogP contribution >= 0.6 is 0 Å². The fraction of sp³-hybridized carbons (Fsp3) is 0.381. The van der Waals surface area contributed by atoms with E-state index in [1.807, 2.05) is 19.2 Å². The average Bonchev–Trinajstić information content (AvgIpc) is 3.00. The summed E-state index contributed by atoms with van der Waals surface area (Å²) in [5.41, 5.74) is 2.23. The van der Waals surface area contributed by atoms with Gasteiger partial charge >= 0.3 is 0 Å². The van der Waals surface area contributed by atoms with Gasteiger partial charge in [0.1, 0.15) is 6.10 Å². The van der Waals surface area contributed by atoms with Crippen LogP contribution in [0.1, 0.15) is 31.2 Å². The van der Waals surface area contributed by atoms with E-state index in [0.717, 1.165) is 42.1 Å². The first-order chi connectivity index (χ1) is 13.2. The van der Waals surface area contributed by atoms with Crippen molar-refractivity contribution in [2.45, 2.75) is 44.2 Å². The van der Waals surface area contributed by atoms with Crippen molar-refractivity contribution in [3.63, 3.8) is 0 Å². The predicted octanol–water partition coefficient (Wildman–Crippen LogP) is 3.02. The van der Waals surface area contributed by atoms with Gasteiger partial charge in [0.25, 0.3) is 0 Å². The minimum Gasteiger partial charge on any atom is -0.473 e. The summed E-state index contributed by atoms with van der Waals surface area (Å²) in [6.07, 6.45) is 11.2. The van der Waals surface area contributed by atoms with Crippen LogP contribution in [0, 0.1) is 0 Å². The fourth-order valence-electron chi connectivity index (χ4n) is 3.86. The molecular weight excluding hydrogens is 340 g/mol. The molecule has 3 aromatic rings. The van der Waals surface area contributed by atoms with E-state index in [0.29, 0.717) is 12.3 Å². The summed E-state index contributed by atoms with van der Waals surface area (Å²) in [7, 11) is 2.02. The van der Waals surface area contributed by atoms with Crippen molar-refractivity contribution in [2.24, 2.45) is 7.05 Å². The van der Waals surface area contributed by atoms with Gasteiger partial charge < -0.3 is 14.6 Å². The van der Waals surface area contributed by atoms with Crippen molar-refractivity contribution < 1.29 is 9.53 Å². The van der Waals surface area contributed by atoms with Gasteiger partial charge in [-0.25, -0.2) is 4.98 Å². The second-order valence-corrected chi connectivity index (χ2v) is 7.16. The Morgan fingerprint density at radius 2 is 2.04 bits per heavy atom. The second kappa shape index (κ2) is 7.78. The number of carbonyl (C=O) groups excluding carboxylic acids is 1. The second-order valence-electron chi connectivity index (χ2n) is 7.16. The molecule has 0 saturated heterocycles. The molecule has 1 aliphatic carbocycles. The van der Waals surface area contributed by atoms with Crippen LogP contribution in [0.3, 0.4) is 0 Å². The van der Waals surface area contributed by atoms with Crippen LogP contribution in [0.15, 0.2) is 49.1 Å². The molecule has 6 nitrogen and oxygen atoms in total. The van der Waals surface area contributed by atoms with Gasteiger partial charge in [0.05, 0.1) is 12.6 Å². The quantitative estimate of drug-likeness (QED) is 0.756. The van der Waals surface area contributed by atoms with Crippen LogP contribution in [-0.4, -0.2) is 32.6 Å². The van der Waals surface area contributed by atoms with Crippen molar-refractivity contribution in [1.82, 2.24) is 19.9 Å². The van der Waals surface area contributed by atoms with Crippen molar-refractivity contribution in [1.29, 1.82) is 0 Å². The van der Waals surface area contributed by atoms with Gasteiger partial charge in [0.2, 0.25) is 11.8 Å². The number of amides is 1. The number of hydrogen-bond acceptors (Lipinski definition) is 4. The Kier molecular flexibility index (Phi) is 5.05. The maximum Gasteiger partial charge on any atom is 0.232 e. The van der Waals surface area contributed by atoms with Crippen LogP contribution in [0.5, 0.6) is 5.88 Å². The number of fused-ring (bicyclic) bond motifs is 1. The maximum atomic E-state index is 12.5. The molecule has 1 N–H and O–H groups in total. The largest absolute Gasteiger partial charge is 0.473 e. The number of rotatable bonds is 5. The Morgan fingerprint density at radius 3 is 2.81 bits per heavy atom. The first-order valence-corrected chi connectivity index (χ1v) is 9.44. The van der Waals surface area contributed by atoms with E-state index in [2.05, 4.69) is 38.2 Å². The number of hydrogen-bond donors (Lipinski definition) is 1. The van der Waals surface area contributed by atoms with Crippen molar-refractivity contribution in [3.8, 4) is 5.88 Å². The molecule has 6 heteroatoms. The summed E-state index contributed by atoms with van der Waals surface area (Å²) in [4.78, 5) is 20.7. The lowest BCUT2D eigenvalue weighted by molar-refractivity contribution is -0.121. The van der Waals surface area contributed by atoms with Gasteiger partial charge in [-0.2, -0.15) is 0 Å². The van der Waals surface area contributed by atoms with Gasteiger partial charge in [0, 0.05) is 42.6 Å². The first-order valence-electron chi connectivity index (χ1n) is 9.44. The van der Waals surface area contributed by atoms with Crippen LogP contribution in [0.25, 0.3) is 10.9 Å². The Hall–Kier alpha value is -2.89. The van der Waals surface area contributed by atoms with Crippen LogP contribution in [0.2, 0.25) is 0 Å². The number of nitrogens with one attached hydrogen (secondary N) is 1. The molecule has 2 heterocycles. The zero-order valence-electron chi connectivity index (χ0n) is 15.5. The molecule has 140 valence electrons. The molecule has 1 saturated carbocycles. The summed E-state index contributed by atoms with van der Waals surface area (Å²) < 4.78 is 7.94. The molecule has 1 aromatic carbocycles. The summed E-state index contributed by atoms with van der Waals surface area (Å²) in [5.74, 6) is 0.658. The van der Waals surface area contributed by atoms with E-state index >= 15 is 0 Å². The zero-order chi connectivity index (χ0) is 18.6. The van der Waals surface area contributed by atoms with Gasteiger partial charge in [-0.1, -0.05) is 18.2 Å². The van der Waals surface area contributed by atoms with Crippen molar-refractivity contribution >= 4 is 16.8 Å². The number of nitrogens with zero attached hydrogens (tertiary/aromatic N) is 3. The molecule has 0 spiro atoms. The summed E-state index contributed by atoms with van der Waals surface area (Å²) >= 11 is 0.